The highest BCUT2D eigenvalue weighted by molar-refractivity contribution is 5.82. The predicted molar refractivity (Wildman–Crippen MR) is 62.9 cm³/mol. The van der Waals surface area contributed by atoms with E-state index < -0.39 is 0 Å². The van der Waals surface area contributed by atoms with Crippen LogP contribution in [-0.4, -0.2) is 35.1 Å². The zero-order valence-electron chi connectivity index (χ0n) is 10.6. The van der Waals surface area contributed by atoms with E-state index in [4.69, 9.17) is 0 Å². The maximum absolute atomic E-state index is 12.3. The Hall–Kier alpha value is -0.570. The van der Waals surface area contributed by atoms with Gasteiger partial charge in [-0.15, -0.1) is 0 Å². The highest BCUT2D eigenvalue weighted by Crippen LogP contribution is 2.49. The van der Waals surface area contributed by atoms with Crippen molar-refractivity contribution >= 4 is 5.91 Å². The Kier molecular flexibility index (Phi) is 2.77. The number of hydrogen-bond donors (Lipinski definition) is 1. The Morgan fingerprint density at radius 2 is 2.12 bits per heavy atom. The topological polar surface area (TPSA) is 40.5 Å². The van der Waals surface area contributed by atoms with Gasteiger partial charge in [-0.3, -0.25) is 4.79 Å². The minimum Gasteiger partial charge on any atom is -0.396 e. The Labute approximate surface area is 97.8 Å². The van der Waals surface area contributed by atoms with Crippen LogP contribution in [0.15, 0.2) is 0 Å². The molecule has 0 spiro atoms. The average molecular weight is 225 g/mol. The van der Waals surface area contributed by atoms with Crippen LogP contribution in [0.5, 0.6) is 0 Å². The number of carbonyl (C=O) groups excluding carboxylic acids is 1. The number of hydrogen-bond acceptors (Lipinski definition) is 2. The summed E-state index contributed by atoms with van der Waals surface area (Å²) in [7, 11) is 0. The van der Waals surface area contributed by atoms with Gasteiger partial charge in [-0.25, -0.2) is 0 Å². The van der Waals surface area contributed by atoms with Gasteiger partial charge in [0.05, 0.1) is 6.61 Å². The molecule has 0 aromatic carbocycles. The van der Waals surface area contributed by atoms with Crippen molar-refractivity contribution in [3.05, 3.63) is 0 Å². The van der Waals surface area contributed by atoms with Crippen LogP contribution < -0.4 is 0 Å². The molecule has 2 unspecified atom stereocenters. The van der Waals surface area contributed by atoms with Crippen LogP contribution in [0.2, 0.25) is 0 Å². The molecule has 1 saturated heterocycles. The molecule has 2 rings (SSSR count). The van der Waals surface area contributed by atoms with E-state index in [0.29, 0.717) is 6.04 Å². The first kappa shape index (κ1) is 11.9. The van der Waals surface area contributed by atoms with E-state index in [1.54, 1.807) is 0 Å². The summed E-state index contributed by atoms with van der Waals surface area (Å²) in [6, 6.07) is 0.296. The quantitative estimate of drug-likeness (QED) is 0.739. The summed E-state index contributed by atoms with van der Waals surface area (Å²) >= 11 is 0. The third-order valence-electron chi connectivity index (χ3n) is 4.30. The maximum atomic E-state index is 12.3. The van der Waals surface area contributed by atoms with Crippen LogP contribution in [-0.2, 0) is 4.79 Å². The van der Waals surface area contributed by atoms with Crippen molar-refractivity contribution in [2.75, 3.05) is 13.2 Å². The molecular formula is C13H23NO2. The summed E-state index contributed by atoms with van der Waals surface area (Å²) in [5.41, 5.74) is -0.269. The van der Waals surface area contributed by atoms with Crippen LogP contribution in [0.4, 0.5) is 0 Å². The van der Waals surface area contributed by atoms with E-state index in [1.165, 1.54) is 0 Å². The number of aliphatic hydroxyl groups is 1. The minimum atomic E-state index is -0.297. The molecule has 1 amide bonds. The molecule has 92 valence electrons. The van der Waals surface area contributed by atoms with Gasteiger partial charge in [0, 0.05) is 23.4 Å². The third kappa shape index (κ3) is 1.65. The number of rotatable bonds is 1. The van der Waals surface area contributed by atoms with Crippen LogP contribution >= 0.6 is 0 Å². The molecule has 16 heavy (non-hydrogen) atoms. The van der Waals surface area contributed by atoms with E-state index >= 15 is 0 Å². The molecular weight excluding hydrogens is 202 g/mol. The van der Waals surface area contributed by atoms with E-state index in [0.717, 1.165) is 32.2 Å². The number of aliphatic hydroxyl groups excluding tert-OH is 1. The number of carbonyl (C=O) groups is 1. The maximum Gasteiger partial charge on any atom is 0.228 e. The van der Waals surface area contributed by atoms with Crippen molar-refractivity contribution in [3.8, 4) is 0 Å². The molecule has 2 aliphatic rings. The van der Waals surface area contributed by atoms with Crippen LogP contribution in [0.25, 0.3) is 0 Å². The minimum absolute atomic E-state index is 0.0287. The Balaban J connectivity index is 2.18. The fourth-order valence-electron chi connectivity index (χ4n) is 3.33. The molecule has 1 aliphatic heterocycles. The van der Waals surface area contributed by atoms with Crippen molar-refractivity contribution in [2.24, 2.45) is 10.8 Å². The summed E-state index contributed by atoms with van der Waals surface area (Å²) in [6.07, 6.45) is 4.29. The van der Waals surface area contributed by atoms with Gasteiger partial charge in [0.1, 0.15) is 0 Å². The lowest BCUT2D eigenvalue weighted by atomic mass is 9.83. The smallest absolute Gasteiger partial charge is 0.228 e. The van der Waals surface area contributed by atoms with E-state index in [1.807, 2.05) is 25.7 Å². The summed E-state index contributed by atoms with van der Waals surface area (Å²) in [4.78, 5) is 14.3. The Morgan fingerprint density at radius 3 is 2.69 bits per heavy atom. The van der Waals surface area contributed by atoms with Gasteiger partial charge < -0.3 is 10.0 Å². The highest BCUT2D eigenvalue weighted by atomic mass is 16.3. The highest BCUT2D eigenvalue weighted by Gasteiger charge is 2.52. The van der Waals surface area contributed by atoms with Crippen LogP contribution in [0.3, 0.4) is 0 Å². The molecule has 3 nitrogen and oxygen atoms in total. The zero-order valence-corrected chi connectivity index (χ0v) is 10.6. The third-order valence-corrected chi connectivity index (χ3v) is 4.30. The van der Waals surface area contributed by atoms with Crippen molar-refractivity contribution in [1.29, 1.82) is 0 Å². The summed E-state index contributed by atoms with van der Waals surface area (Å²) in [5, 5.41) is 9.59. The number of likely N-dealkylation sites (tertiary alicyclic amines) is 1. The van der Waals surface area contributed by atoms with Gasteiger partial charge in [0.25, 0.3) is 0 Å². The van der Waals surface area contributed by atoms with Gasteiger partial charge in [0.2, 0.25) is 5.91 Å². The normalized spacial score (nSPS) is 34.2. The van der Waals surface area contributed by atoms with Crippen LogP contribution in [0.1, 0.15) is 46.5 Å². The predicted octanol–water partition coefficient (Wildman–Crippen LogP) is 1.80. The summed E-state index contributed by atoms with van der Waals surface area (Å²) in [6.45, 7) is 7.00. The summed E-state index contributed by atoms with van der Waals surface area (Å²) in [5.74, 6) is 0.245. The standard InChI is InChI=1S/C13H23NO2/c1-12(2,3)11(16)14-8-7-13(9-15)6-4-5-10(13)14/h10,15H,4-9H2,1-3H3. The molecule has 0 aromatic heterocycles. The second-order valence-electron chi connectivity index (χ2n) is 6.43. The van der Waals surface area contributed by atoms with Crippen molar-refractivity contribution < 1.29 is 9.90 Å². The van der Waals surface area contributed by atoms with E-state index in [-0.39, 0.29) is 23.3 Å². The number of amides is 1. The van der Waals surface area contributed by atoms with Gasteiger partial charge in [-0.2, -0.15) is 0 Å². The Morgan fingerprint density at radius 1 is 1.44 bits per heavy atom. The van der Waals surface area contributed by atoms with Crippen LogP contribution in [0, 0.1) is 10.8 Å². The van der Waals surface area contributed by atoms with Crippen molar-refractivity contribution in [3.63, 3.8) is 0 Å². The monoisotopic (exact) mass is 225 g/mol. The summed E-state index contributed by atoms with van der Waals surface area (Å²) < 4.78 is 0. The second kappa shape index (κ2) is 3.73. The lowest BCUT2D eigenvalue weighted by Crippen LogP contribution is -2.45. The molecule has 2 atom stereocenters. The molecule has 3 heteroatoms. The van der Waals surface area contributed by atoms with E-state index in [9.17, 15) is 9.90 Å². The van der Waals surface area contributed by atoms with Crippen molar-refractivity contribution in [1.82, 2.24) is 4.90 Å². The number of fused-ring (bicyclic) bond motifs is 1. The molecule has 0 radical (unpaired) electrons. The first-order valence-electron chi connectivity index (χ1n) is 6.33. The Bertz CT molecular complexity index is 295. The van der Waals surface area contributed by atoms with Gasteiger partial charge in [-0.1, -0.05) is 27.2 Å². The molecule has 0 bridgehead atoms. The second-order valence-corrected chi connectivity index (χ2v) is 6.43. The SMILES string of the molecule is CC(C)(C)C(=O)N1CCC2(CO)CCCC12. The molecule has 1 aliphatic carbocycles. The largest absolute Gasteiger partial charge is 0.396 e. The fourth-order valence-corrected chi connectivity index (χ4v) is 3.33. The van der Waals surface area contributed by atoms with Crippen molar-refractivity contribution in [2.45, 2.75) is 52.5 Å². The average Bonchev–Trinajstić information content (AvgIpc) is 2.72. The van der Waals surface area contributed by atoms with Gasteiger partial charge in [-0.05, 0) is 19.3 Å². The zero-order chi connectivity index (χ0) is 12.0. The molecule has 1 heterocycles. The molecule has 2 fully saturated rings. The van der Waals surface area contributed by atoms with Gasteiger partial charge >= 0.3 is 0 Å². The molecule has 1 saturated carbocycles. The molecule has 0 aromatic rings. The lowest BCUT2D eigenvalue weighted by molar-refractivity contribution is -0.141. The first-order valence-corrected chi connectivity index (χ1v) is 6.33. The van der Waals surface area contributed by atoms with Gasteiger partial charge in [0.15, 0.2) is 0 Å². The first-order chi connectivity index (χ1) is 7.41. The molecule has 1 N–H and O–H groups in total. The lowest BCUT2D eigenvalue weighted by Gasteiger charge is -2.34. The number of nitrogens with zero attached hydrogens (tertiary/aromatic N) is 1. The van der Waals surface area contributed by atoms with E-state index in [2.05, 4.69) is 0 Å². The fraction of sp³-hybridized carbons (Fsp3) is 0.923.